The van der Waals surface area contributed by atoms with Crippen LogP contribution in [0.1, 0.15) is 32.2 Å². The van der Waals surface area contributed by atoms with Crippen molar-refractivity contribution in [2.45, 2.75) is 32.7 Å². The van der Waals surface area contributed by atoms with Gasteiger partial charge in [0, 0.05) is 26.5 Å². The van der Waals surface area contributed by atoms with Crippen LogP contribution < -0.4 is 5.73 Å². The Balaban J connectivity index is 1.61. The first-order valence-electron chi connectivity index (χ1n) is 10.8. The highest BCUT2D eigenvalue weighted by Crippen LogP contribution is 2.38. The van der Waals surface area contributed by atoms with Gasteiger partial charge in [-0.3, -0.25) is 14.5 Å². The highest BCUT2D eigenvalue weighted by Gasteiger charge is 2.38. The summed E-state index contributed by atoms with van der Waals surface area (Å²) in [5.41, 5.74) is 7.98. The van der Waals surface area contributed by atoms with Crippen molar-refractivity contribution in [1.29, 1.82) is 0 Å². The number of carbonyl (C=O) groups excluding carboxylic acids is 1. The maximum absolute atomic E-state index is 11.9. The largest absolute Gasteiger partial charge is 0.382 e. The second-order valence-electron chi connectivity index (χ2n) is 8.75. The topological polar surface area (TPSA) is 142 Å². The highest BCUT2D eigenvalue weighted by atomic mass is 16.5. The van der Waals surface area contributed by atoms with Crippen LogP contribution in [0.15, 0.2) is 47.6 Å². The lowest BCUT2D eigenvalue weighted by molar-refractivity contribution is -0.129. The first-order chi connectivity index (χ1) is 16.2. The summed E-state index contributed by atoms with van der Waals surface area (Å²) in [5, 5.41) is 8.52. The molecule has 2 N–H and O–H groups in total. The molecule has 4 heterocycles. The maximum atomic E-state index is 11.9. The third-order valence-electron chi connectivity index (χ3n) is 6.02. The number of likely N-dealkylation sites (N-methyl/N-ethyl adjacent to an activating group) is 1. The lowest BCUT2D eigenvalue weighted by Gasteiger charge is -2.30. The Labute approximate surface area is 197 Å². The molecule has 1 amide bonds. The summed E-state index contributed by atoms with van der Waals surface area (Å²) in [6.45, 7) is 6.39. The van der Waals surface area contributed by atoms with Gasteiger partial charge in [-0.2, -0.15) is 10.1 Å². The Bertz CT molecular complexity index is 1280. The fraction of sp³-hybridized carbons (Fsp3) is 0.348. The molecule has 11 nitrogen and oxygen atoms in total. The Morgan fingerprint density at radius 1 is 1.12 bits per heavy atom. The van der Waals surface area contributed by atoms with Crippen LogP contribution in [0.2, 0.25) is 0 Å². The van der Waals surface area contributed by atoms with Crippen molar-refractivity contribution in [3.05, 3.63) is 54.5 Å². The fourth-order valence-corrected chi connectivity index (χ4v) is 3.44. The van der Waals surface area contributed by atoms with E-state index in [-0.39, 0.29) is 18.4 Å². The van der Waals surface area contributed by atoms with E-state index in [1.54, 1.807) is 43.6 Å². The van der Waals surface area contributed by atoms with Gasteiger partial charge >= 0.3 is 0 Å². The predicted molar refractivity (Wildman–Crippen MR) is 125 cm³/mol. The number of aromatic nitrogens is 7. The van der Waals surface area contributed by atoms with E-state index >= 15 is 0 Å². The smallest absolute Gasteiger partial charge is 0.261 e. The number of anilines is 1. The lowest BCUT2D eigenvalue weighted by atomic mass is 9.73. The Morgan fingerprint density at radius 3 is 2.50 bits per heavy atom. The fourth-order valence-electron chi connectivity index (χ4n) is 3.44. The van der Waals surface area contributed by atoms with Crippen molar-refractivity contribution >= 4 is 11.7 Å². The summed E-state index contributed by atoms with van der Waals surface area (Å²) in [7, 11) is 3.41. The molecule has 0 aliphatic heterocycles. The molecule has 0 aromatic carbocycles. The number of nitrogens with zero attached hydrogens (tertiary/aromatic N) is 8. The van der Waals surface area contributed by atoms with Crippen LogP contribution in [0.5, 0.6) is 0 Å². The van der Waals surface area contributed by atoms with E-state index in [0.29, 0.717) is 34.5 Å². The summed E-state index contributed by atoms with van der Waals surface area (Å²) in [6, 6.07) is 3.88. The standard InChI is InChI=1S/C23H27N9O2/c1-14(2)23(3,16-6-7-17(25-9-16)18-10-27-19(24)11-26-18)22-29-21(34-30-22)15-8-28-32(12-15)13-20(33)31(4)5/h6-12,14H,13H2,1-5H3,(H2,24,27)/t23-/m1/s1. The van der Waals surface area contributed by atoms with Crippen LogP contribution in [-0.2, 0) is 16.8 Å². The normalized spacial score (nSPS) is 13.1. The molecule has 0 fully saturated rings. The van der Waals surface area contributed by atoms with Crippen molar-refractivity contribution in [3.63, 3.8) is 0 Å². The van der Waals surface area contributed by atoms with Crippen LogP contribution in [0.3, 0.4) is 0 Å². The SMILES string of the molecule is CC(C)[C@](C)(c1ccc(-c2cnc(N)cn2)nc1)c1noc(-c2cnn(CC(=O)N(C)C)c2)n1. The Hall–Kier alpha value is -4.15. The van der Waals surface area contributed by atoms with Gasteiger partial charge in [-0.25, -0.2) is 9.97 Å². The molecule has 11 heteroatoms. The van der Waals surface area contributed by atoms with E-state index in [1.165, 1.54) is 11.1 Å². The first-order valence-corrected chi connectivity index (χ1v) is 10.8. The van der Waals surface area contributed by atoms with E-state index < -0.39 is 5.41 Å². The molecule has 0 spiro atoms. The average Bonchev–Trinajstić information content (AvgIpc) is 3.49. The van der Waals surface area contributed by atoms with E-state index in [4.69, 9.17) is 10.3 Å². The van der Waals surface area contributed by atoms with Gasteiger partial charge < -0.3 is 15.2 Å². The number of rotatable bonds is 7. The number of hydrogen-bond acceptors (Lipinski definition) is 9. The number of pyridine rings is 1. The van der Waals surface area contributed by atoms with Gasteiger partial charge in [0.2, 0.25) is 5.91 Å². The summed E-state index contributed by atoms with van der Waals surface area (Å²) >= 11 is 0. The van der Waals surface area contributed by atoms with Crippen LogP contribution in [0.25, 0.3) is 22.8 Å². The van der Waals surface area contributed by atoms with Crippen LogP contribution in [0.4, 0.5) is 5.82 Å². The molecule has 0 aliphatic rings. The molecule has 34 heavy (non-hydrogen) atoms. The number of nitrogen functional groups attached to an aromatic ring is 1. The minimum absolute atomic E-state index is 0.0610. The van der Waals surface area contributed by atoms with Crippen LogP contribution in [-0.4, -0.2) is 59.8 Å². The van der Waals surface area contributed by atoms with E-state index in [0.717, 1.165) is 5.56 Å². The van der Waals surface area contributed by atoms with Crippen molar-refractivity contribution in [3.8, 4) is 22.8 Å². The molecule has 0 saturated heterocycles. The molecule has 0 bridgehead atoms. The van der Waals surface area contributed by atoms with E-state index in [2.05, 4.69) is 51.0 Å². The summed E-state index contributed by atoms with van der Waals surface area (Å²) in [5.74, 6) is 1.32. The van der Waals surface area contributed by atoms with E-state index in [9.17, 15) is 4.79 Å². The number of carbonyl (C=O) groups is 1. The summed E-state index contributed by atoms with van der Waals surface area (Å²) in [4.78, 5) is 31.1. The summed E-state index contributed by atoms with van der Waals surface area (Å²) < 4.78 is 7.13. The Kier molecular flexibility index (Phi) is 6.10. The lowest BCUT2D eigenvalue weighted by Crippen LogP contribution is -2.31. The quantitative estimate of drug-likeness (QED) is 0.439. The Morgan fingerprint density at radius 2 is 1.88 bits per heavy atom. The monoisotopic (exact) mass is 461 g/mol. The van der Waals surface area contributed by atoms with Crippen LogP contribution in [0, 0.1) is 5.92 Å². The van der Waals surface area contributed by atoms with Gasteiger partial charge in [0.25, 0.3) is 5.89 Å². The van der Waals surface area contributed by atoms with Gasteiger partial charge in [0.05, 0.1) is 35.3 Å². The van der Waals surface area contributed by atoms with Crippen molar-refractivity contribution < 1.29 is 9.32 Å². The van der Waals surface area contributed by atoms with Crippen molar-refractivity contribution in [2.24, 2.45) is 5.92 Å². The second-order valence-corrected chi connectivity index (χ2v) is 8.75. The molecule has 0 unspecified atom stereocenters. The zero-order chi connectivity index (χ0) is 24.5. The molecule has 4 rings (SSSR count). The molecule has 4 aromatic rings. The molecule has 1 atom stereocenters. The average molecular weight is 462 g/mol. The minimum atomic E-state index is -0.559. The van der Waals surface area contributed by atoms with E-state index in [1.807, 2.05) is 12.1 Å². The van der Waals surface area contributed by atoms with Crippen LogP contribution >= 0.6 is 0 Å². The highest BCUT2D eigenvalue weighted by molar-refractivity contribution is 5.75. The molecular weight excluding hydrogens is 434 g/mol. The van der Waals surface area contributed by atoms with Gasteiger partial charge in [-0.15, -0.1) is 0 Å². The maximum Gasteiger partial charge on any atom is 0.261 e. The zero-order valence-corrected chi connectivity index (χ0v) is 19.8. The third kappa shape index (κ3) is 4.36. The first kappa shape index (κ1) is 23.0. The zero-order valence-electron chi connectivity index (χ0n) is 19.8. The van der Waals surface area contributed by atoms with Gasteiger partial charge in [0.15, 0.2) is 5.82 Å². The molecular formula is C23H27N9O2. The molecule has 4 aromatic heterocycles. The predicted octanol–water partition coefficient (Wildman–Crippen LogP) is 2.42. The van der Waals surface area contributed by atoms with Crippen molar-refractivity contribution in [1.82, 2.24) is 39.8 Å². The van der Waals surface area contributed by atoms with Gasteiger partial charge in [-0.05, 0) is 24.5 Å². The third-order valence-corrected chi connectivity index (χ3v) is 6.02. The molecule has 0 aliphatic carbocycles. The second kappa shape index (κ2) is 9.00. The molecule has 0 radical (unpaired) electrons. The van der Waals surface area contributed by atoms with Gasteiger partial charge in [-0.1, -0.05) is 25.1 Å². The minimum Gasteiger partial charge on any atom is -0.382 e. The molecule has 176 valence electrons. The van der Waals surface area contributed by atoms with Gasteiger partial charge in [0.1, 0.15) is 18.1 Å². The number of nitrogens with two attached hydrogens (primary N) is 1. The summed E-state index contributed by atoms with van der Waals surface area (Å²) in [6.07, 6.45) is 8.22. The van der Waals surface area contributed by atoms with Crippen molar-refractivity contribution in [2.75, 3.05) is 19.8 Å². The number of amides is 1. The number of hydrogen-bond donors (Lipinski definition) is 1. The molecule has 0 saturated carbocycles.